The van der Waals surface area contributed by atoms with Gasteiger partial charge in [-0.1, -0.05) is 93.5 Å². The minimum atomic E-state index is -0.125. The van der Waals surface area contributed by atoms with Crippen molar-refractivity contribution in [2.45, 2.75) is 92.9 Å². The largest absolute Gasteiger partial charge is 0.457 e. The number of rotatable bonds is 7. The average Bonchev–Trinajstić information content (AvgIpc) is 2.65. The molecule has 3 nitrogen and oxygen atoms in total. The van der Waals surface area contributed by atoms with Crippen LogP contribution >= 0.6 is 0 Å². The van der Waals surface area contributed by atoms with E-state index in [4.69, 9.17) is 14.9 Å². The molecule has 0 aromatic heterocycles. The van der Waals surface area contributed by atoms with E-state index in [0.717, 1.165) is 24.3 Å². The van der Waals surface area contributed by atoms with Crippen LogP contribution in [0.25, 0.3) is 0 Å². The number of aliphatic hydroxyl groups excluding tert-OH is 2. The van der Waals surface area contributed by atoms with E-state index in [-0.39, 0.29) is 24.0 Å². The van der Waals surface area contributed by atoms with Crippen LogP contribution in [-0.2, 0) is 10.8 Å². The van der Waals surface area contributed by atoms with E-state index >= 15 is 0 Å². The minimum Gasteiger partial charge on any atom is -0.457 e. The molecule has 2 N–H and O–H groups in total. The normalized spacial score (nSPS) is 12.7. The van der Waals surface area contributed by atoms with Crippen molar-refractivity contribution in [2.75, 3.05) is 13.2 Å². The lowest BCUT2D eigenvalue weighted by atomic mass is 9.72. The molecule has 0 amide bonds. The SMILES string of the molecule is CC(C)(C)CC(C)(C)c1ccc(Oc2ccc(C(C)(C)CC(C)(C)C)cc2)cc1.OCCO. The summed E-state index contributed by atoms with van der Waals surface area (Å²) in [7, 11) is 0. The fourth-order valence-electron chi connectivity index (χ4n) is 4.94. The zero-order chi connectivity index (χ0) is 25.5. The van der Waals surface area contributed by atoms with Crippen LogP contribution in [0.15, 0.2) is 48.5 Å². The molecule has 0 aliphatic carbocycles. The monoisotopic (exact) mass is 456 g/mol. The Labute approximate surface area is 203 Å². The molecule has 2 aromatic rings. The van der Waals surface area contributed by atoms with Crippen molar-refractivity contribution in [2.24, 2.45) is 10.8 Å². The molecule has 0 saturated carbocycles. The molecule has 0 fully saturated rings. The topological polar surface area (TPSA) is 49.7 Å². The smallest absolute Gasteiger partial charge is 0.127 e. The highest BCUT2D eigenvalue weighted by molar-refractivity contribution is 5.37. The van der Waals surface area contributed by atoms with E-state index < -0.39 is 0 Å². The third-order valence-corrected chi connectivity index (χ3v) is 5.55. The number of hydrogen-bond donors (Lipinski definition) is 2. The standard InChI is InChI=1S/C28H42O.C2H6O2/c1-25(2,3)19-27(7,8)21-11-15-23(16-12-21)29-24-17-13-22(14-18-24)28(9,10)20-26(4,5)6;3-1-2-4/h11-18H,19-20H2,1-10H3;3-4H,1-2H2. The van der Waals surface area contributed by atoms with Crippen molar-refractivity contribution >= 4 is 0 Å². The second-order valence-corrected chi connectivity index (χ2v) is 12.8. The van der Waals surface area contributed by atoms with Gasteiger partial charge in [-0.2, -0.15) is 0 Å². The van der Waals surface area contributed by atoms with Crippen molar-refractivity contribution in [1.82, 2.24) is 0 Å². The van der Waals surface area contributed by atoms with Gasteiger partial charge in [0.1, 0.15) is 11.5 Å². The summed E-state index contributed by atoms with van der Waals surface area (Å²) in [6, 6.07) is 17.2. The minimum absolute atomic E-state index is 0.125. The number of ether oxygens (including phenoxy) is 1. The second-order valence-electron chi connectivity index (χ2n) is 12.8. The van der Waals surface area contributed by atoms with E-state index in [2.05, 4.69) is 118 Å². The van der Waals surface area contributed by atoms with Gasteiger partial charge < -0.3 is 14.9 Å². The van der Waals surface area contributed by atoms with Crippen LogP contribution in [0.1, 0.15) is 93.2 Å². The molecule has 0 aliphatic rings. The maximum Gasteiger partial charge on any atom is 0.127 e. The van der Waals surface area contributed by atoms with Gasteiger partial charge in [0, 0.05) is 0 Å². The fourth-order valence-corrected chi connectivity index (χ4v) is 4.94. The summed E-state index contributed by atoms with van der Waals surface area (Å²) in [5.74, 6) is 1.78. The van der Waals surface area contributed by atoms with Crippen LogP contribution in [0.5, 0.6) is 11.5 Å². The highest BCUT2D eigenvalue weighted by Gasteiger charge is 2.28. The molecule has 186 valence electrons. The second kappa shape index (κ2) is 11.5. The molecule has 0 heterocycles. The Morgan fingerprint density at radius 1 is 0.515 bits per heavy atom. The third-order valence-electron chi connectivity index (χ3n) is 5.55. The Hall–Kier alpha value is -1.84. The summed E-state index contributed by atoms with van der Waals surface area (Å²) in [5, 5.41) is 15.2. The van der Waals surface area contributed by atoms with Gasteiger partial charge in [-0.05, 0) is 69.9 Å². The molecule has 0 spiro atoms. The molecule has 0 radical (unpaired) electrons. The van der Waals surface area contributed by atoms with E-state index in [1.54, 1.807) is 0 Å². The summed E-state index contributed by atoms with van der Waals surface area (Å²) in [4.78, 5) is 0. The molecule has 3 heteroatoms. The van der Waals surface area contributed by atoms with Crippen molar-refractivity contribution in [3.05, 3.63) is 59.7 Å². The predicted octanol–water partition coefficient (Wildman–Crippen LogP) is 7.88. The van der Waals surface area contributed by atoms with Gasteiger partial charge in [-0.25, -0.2) is 0 Å². The molecule has 0 saturated heterocycles. The van der Waals surface area contributed by atoms with Crippen molar-refractivity contribution in [3.8, 4) is 11.5 Å². The molecule has 0 atom stereocenters. The lowest BCUT2D eigenvalue weighted by molar-refractivity contribution is 0.186. The molecule has 2 aromatic carbocycles. The van der Waals surface area contributed by atoms with Gasteiger partial charge in [0.25, 0.3) is 0 Å². The highest BCUT2D eigenvalue weighted by atomic mass is 16.5. The summed E-state index contributed by atoms with van der Waals surface area (Å²) < 4.78 is 6.12. The average molecular weight is 457 g/mol. The van der Waals surface area contributed by atoms with Gasteiger partial charge in [0.15, 0.2) is 0 Å². The molecule has 2 rings (SSSR count). The fraction of sp³-hybridized carbons (Fsp3) is 0.600. The van der Waals surface area contributed by atoms with E-state index in [9.17, 15) is 0 Å². The van der Waals surface area contributed by atoms with Crippen LogP contribution in [-0.4, -0.2) is 23.4 Å². The number of benzene rings is 2. The Morgan fingerprint density at radius 3 is 1.00 bits per heavy atom. The summed E-state index contributed by atoms with van der Waals surface area (Å²) >= 11 is 0. The van der Waals surface area contributed by atoms with E-state index in [0.29, 0.717) is 10.8 Å². The molecular formula is C30H48O3. The first-order valence-corrected chi connectivity index (χ1v) is 12.1. The van der Waals surface area contributed by atoms with E-state index in [1.165, 1.54) is 11.1 Å². The highest BCUT2D eigenvalue weighted by Crippen LogP contribution is 2.38. The van der Waals surface area contributed by atoms with Crippen LogP contribution in [0.3, 0.4) is 0 Å². The van der Waals surface area contributed by atoms with Gasteiger partial charge in [-0.3, -0.25) is 0 Å². The Bertz CT molecular complexity index is 745. The summed E-state index contributed by atoms with van der Waals surface area (Å²) in [6.45, 7) is 22.9. The zero-order valence-corrected chi connectivity index (χ0v) is 22.7. The maximum absolute atomic E-state index is 7.62. The summed E-state index contributed by atoms with van der Waals surface area (Å²) in [6.07, 6.45) is 2.29. The number of aliphatic hydroxyl groups is 2. The van der Waals surface area contributed by atoms with Crippen molar-refractivity contribution < 1.29 is 14.9 Å². The molecule has 0 unspecified atom stereocenters. The first-order valence-electron chi connectivity index (χ1n) is 12.1. The number of hydrogen-bond acceptors (Lipinski definition) is 3. The first kappa shape index (κ1) is 29.2. The van der Waals surface area contributed by atoms with Crippen LogP contribution in [0, 0.1) is 10.8 Å². The lowest BCUT2D eigenvalue weighted by Gasteiger charge is -2.33. The third kappa shape index (κ3) is 10.8. The van der Waals surface area contributed by atoms with Gasteiger partial charge in [0.05, 0.1) is 13.2 Å². The van der Waals surface area contributed by atoms with Gasteiger partial charge in [0.2, 0.25) is 0 Å². The van der Waals surface area contributed by atoms with Gasteiger partial charge in [-0.15, -0.1) is 0 Å². The quantitative estimate of drug-likeness (QED) is 0.445. The maximum atomic E-state index is 7.62. The van der Waals surface area contributed by atoms with Crippen LogP contribution in [0.2, 0.25) is 0 Å². The Balaban J connectivity index is 0.00000125. The van der Waals surface area contributed by atoms with Crippen molar-refractivity contribution in [1.29, 1.82) is 0 Å². The first-order chi connectivity index (χ1) is 15.0. The van der Waals surface area contributed by atoms with E-state index in [1.807, 2.05) is 0 Å². The molecule has 33 heavy (non-hydrogen) atoms. The Kier molecular flexibility index (Phi) is 10.2. The molecule has 0 bridgehead atoms. The summed E-state index contributed by atoms with van der Waals surface area (Å²) in [5.41, 5.74) is 3.63. The van der Waals surface area contributed by atoms with Crippen molar-refractivity contribution in [3.63, 3.8) is 0 Å². The van der Waals surface area contributed by atoms with Crippen LogP contribution < -0.4 is 4.74 Å². The molecule has 0 aliphatic heterocycles. The lowest BCUT2D eigenvalue weighted by Crippen LogP contribution is -2.24. The zero-order valence-electron chi connectivity index (χ0n) is 22.7. The molecular weight excluding hydrogens is 408 g/mol. The van der Waals surface area contributed by atoms with Crippen LogP contribution in [0.4, 0.5) is 0 Å². The Morgan fingerprint density at radius 2 is 0.788 bits per heavy atom. The predicted molar refractivity (Wildman–Crippen MR) is 141 cm³/mol. The van der Waals surface area contributed by atoms with Gasteiger partial charge >= 0.3 is 0 Å².